The first-order valence-corrected chi connectivity index (χ1v) is 7.40. The lowest BCUT2D eigenvalue weighted by Gasteiger charge is -2.09. The Hall–Kier alpha value is -1.22. The van der Waals surface area contributed by atoms with Gasteiger partial charge in [0.15, 0.2) is 0 Å². The second-order valence-corrected chi connectivity index (χ2v) is 5.89. The molecule has 0 aliphatic rings. The number of rotatable bonds is 5. The van der Waals surface area contributed by atoms with Crippen molar-refractivity contribution in [2.45, 2.75) is 39.7 Å². The van der Waals surface area contributed by atoms with Crippen LogP contribution in [-0.4, -0.2) is 15.3 Å². The molecule has 1 heterocycles. The summed E-state index contributed by atoms with van der Waals surface area (Å²) in [5, 5.41) is 0. The molecule has 0 amide bonds. The lowest BCUT2D eigenvalue weighted by molar-refractivity contribution is 0.747. The SMILES string of the molecule is C=C(C)Cn1c(CCS)nc2cc(C(C)C)ccc21. The van der Waals surface area contributed by atoms with Crippen molar-refractivity contribution in [1.29, 1.82) is 0 Å². The van der Waals surface area contributed by atoms with Crippen LogP contribution in [0.4, 0.5) is 0 Å². The molecule has 0 spiro atoms. The number of hydrogen-bond acceptors (Lipinski definition) is 2. The molecular formula is C16H22N2S. The van der Waals surface area contributed by atoms with Crippen molar-refractivity contribution in [1.82, 2.24) is 9.55 Å². The minimum absolute atomic E-state index is 0.531. The number of thiol groups is 1. The van der Waals surface area contributed by atoms with Gasteiger partial charge in [-0.15, -0.1) is 0 Å². The first-order valence-electron chi connectivity index (χ1n) is 6.77. The van der Waals surface area contributed by atoms with E-state index in [4.69, 9.17) is 4.98 Å². The minimum Gasteiger partial charge on any atom is -0.324 e. The number of aryl methyl sites for hydroxylation is 1. The van der Waals surface area contributed by atoms with Crippen molar-refractivity contribution in [3.05, 3.63) is 41.7 Å². The lowest BCUT2D eigenvalue weighted by atomic mass is 10.0. The maximum absolute atomic E-state index is 4.77. The van der Waals surface area contributed by atoms with Gasteiger partial charge in [0.2, 0.25) is 0 Å². The molecule has 0 radical (unpaired) electrons. The van der Waals surface area contributed by atoms with Gasteiger partial charge in [-0.2, -0.15) is 12.6 Å². The highest BCUT2D eigenvalue weighted by molar-refractivity contribution is 7.80. The van der Waals surface area contributed by atoms with E-state index in [0.29, 0.717) is 5.92 Å². The van der Waals surface area contributed by atoms with Gasteiger partial charge in [-0.05, 0) is 36.3 Å². The van der Waals surface area contributed by atoms with E-state index < -0.39 is 0 Å². The monoisotopic (exact) mass is 274 g/mol. The third-order valence-electron chi connectivity index (χ3n) is 3.28. The normalized spacial score (nSPS) is 11.4. The summed E-state index contributed by atoms with van der Waals surface area (Å²) in [6, 6.07) is 6.59. The maximum atomic E-state index is 4.77. The number of nitrogens with zero attached hydrogens (tertiary/aromatic N) is 2. The van der Waals surface area contributed by atoms with Crippen molar-refractivity contribution >= 4 is 23.7 Å². The average Bonchev–Trinajstić information content (AvgIpc) is 2.66. The first-order chi connectivity index (χ1) is 9.02. The largest absolute Gasteiger partial charge is 0.324 e. The molecule has 0 fully saturated rings. The number of fused-ring (bicyclic) bond motifs is 1. The lowest BCUT2D eigenvalue weighted by Crippen LogP contribution is -2.05. The Balaban J connectivity index is 2.55. The predicted molar refractivity (Wildman–Crippen MR) is 86.2 cm³/mol. The zero-order chi connectivity index (χ0) is 14.0. The van der Waals surface area contributed by atoms with Crippen LogP contribution >= 0.6 is 12.6 Å². The zero-order valence-electron chi connectivity index (χ0n) is 12.0. The first kappa shape index (κ1) is 14.2. The molecule has 0 N–H and O–H groups in total. The molecule has 1 aromatic heterocycles. The quantitative estimate of drug-likeness (QED) is 0.639. The van der Waals surface area contributed by atoms with Gasteiger partial charge < -0.3 is 4.57 Å². The fourth-order valence-electron chi connectivity index (χ4n) is 2.29. The number of imidazole rings is 1. The zero-order valence-corrected chi connectivity index (χ0v) is 12.9. The minimum atomic E-state index is 0.531. The molecule has 102 valence electrons. The highest BCUT2D eigenvalue weighted by Gasteiger charge is 2.11. The van der Waals surface area contributed by atoms with E-state index in [1.807, 2.05) is 0 Å². The van der Waals surface area contributed by atoms with Crippen LogP contribution in [0.3, 0.4) is 0 Å². The summed E-state index contributed by atoms with van der Waals surface area (Å²) in [6.45, 7) is 11.3. The van der Waals surface area contributed by atoms with Gasteiger partial charge in [0.05, 0.1) is 11.0 Å². The van der Waals surface area contributed by atoms with Crippen LogP contribution in [0.2, 0.25) is 0 Å². The molecule has 0 saturated carbocycles. The Labute approximate surface area is 121 Å². The fraction of sp³-hybridized carbons (Fsp3) is 0.438. The standard InChI is InChI=1S/C16H22N2S/c1-11(2)10-18-15-6-5-13(12(3)4)9-14(15)17-16(18)7-8-19/h5-6,9,12,19H,1,7-8,10H2,2-4H3. The van der Waals surface area contributed by atoms with Crippen molar-refractivity contribution < 1.29 is 0 Å². The summed E-state index contributed by atoms with van der Waals surface area (Å²) in [5.41, 5.74) is 4.77. The molecule has 19 heavy (non-hydrogen) atoms. The van der Waals surface area contributed by atoms with E-state index in [1.54, 1.807) is 0 Å². The fourth-order valence-corrected chi connectivity index (χ4v) is 2.49. The highest BCUT2D eigenvalue weighted by atomic mass is 32.1. The Morgan fingerprint density at radius 3 is 2.74 bits per heavy atom. The van der Waals surface area contributed by atoms with E-state index in [-0.39, 0.29) is 0 Å². The summed E-state index contributed by atoms with van der Waals surface area (Å²) >= 11 is 4.33. The Bertz CT molecular complexity index is 596. The highest BCUT2D eigenvalue weighted by Crippen LogP contribution is 2.23. The van der Waals surface area contributed by atoms with Gasteiger partial charge in [0.25, 0.3) is 0 Å². The molecule has 0 aliphatic heterocycles. The van der Waals surface area contributed by atoms with Crippen molar-refractivity contribution in [3.8, 4) is 0 Å². The predicted octanol–water partition coefficient (Wildman–Crippen LogP) is 4.21. The molecule has 3 heteroatoms. The van der Waals surface area contributed by atoms with Crippen LogP contribution in [0.25, 0.3) is 11.0 Å². The summed E-state index contributed by atoms with van der Waals surface area (Å²) in [6.07, 6.45) is 0.891. The van der Waals surface area contributed by atoms with Crippen LogP contribution in [0.5, 0.6) is 0 Å². The Morgan fingerprint density at radius 2 is 2.16 bits per heavy atom. The van der Waals surface area contributed by atoms with Crippen molar-refractivity contribution in [3.63, 3.8) is 0 Å². The van der Waals surface area contributed by atoms with Gasteiger partial charge in [-0.25, -0.2) is 4.98 Å². The summed E-state index contributed by atoms with van der Waals surface area (Å²) in [7, 11) is 0. The molecule has 0 bridgehead atoms. The Morgan fingerprint density at radius 1 is 1.42 bits per heavy atom. The van der Waals surface area contributed by atoms with Gasteiger partial charge in [-0.3, -0.25) is 0 Å². The van der Waals surface area contributed by atoms with E-state index in [0.717, 1.165) is 35.6 Å². The molecule has 2 rings (SSSR count). The van der Waals surface area contributed by atoms with E-state index in [2.05, 4.69) is 62.7 Å². The van der Waals surface area contributed by atoms with E-state index >= 15 is 0 Å². The molecule has 0 atom stereocenters. The van der Waals surface area contributed by atoms with E-state index in [1.165, 1.54) is 11.1 Å². The van der Waals surface area contributed by atoms with Gasteiger partial charge in [0.1, 0.15) is 5.82 Å². The second-order valence-electron chi connectivity index (χ2n) is 5.45. The van der Waals surface area contributed by atoms with Crippen LogP contribution in [-0.2, 0) is 13.0 Å². The molecule has 0 unspecified atom stereocenters. The van der Waals surface area contributed by atoms with Crippen LogP contribution in [0, 0.1) is 0 Å². The number of aromatic nitrogens is 2. The maximum Gasteiger partial charge on any atom is 0.110 e. The van der Waals surface area contributed by atoms with Crippen LogP contribution < -0.4 is 0 Å². The van der Waals surface area contributed by atoms with Crippen LogP contribution in [0.15, 0.2) is 30.4 Å². The van der Waals surface area contributed by atoms with Crippen molar-refractivity contribution in [2.24, 2.45) is 0 Å². The molecule has 0 aliphatic carbocycles. The average molecular weight is 274 g/mol. The third-order valence-corrected chi connectivity index (χ3v) is 3.51. The van der Waals surface area contributed by atoms with Gasteiger partial charge in [-0.1, -0.05) is 32.1 Å². The van der Waals surface area contributed by atoms with Crippen LogP contribution in [0.1, 0.15) is 38.1 Å². The molecule has 2 nitrogen and oxygen atoms in total. The van der Waals surface area contributed by atoms with Crippen molar-refractivity contribution in [2.75, 3.05) is 5.75 Å². The molecule has 2 aromatic rings. The summed E-state index contributed by atoms with van der Waals surface area (Å²) < 4.78 is 2.26. The summed E-state index contributed by atoms with van der Waals surface area (Å²) in [5.74, 6) is 2.45. The summed E-state index contributed by atoms with van der Waals surface area (Å²) in [4.78, 5) is 4.77. The third kappa shape index (κ3) is 3.03. The number of hydrogen-bond donors (Lipinski definition) is 1. The smallest absolute Gasteiger partial charge is 0.110 e. The molecular weight excluding hydrogens is 252 g/mol. The van der Waals surface area contributed by atoms with Gasteiger partial charge in [0, 0.05) is 13.0 Å². The molecule has 0 saturated heterocycles. The van der Waals surface area contributed by atoms with E-state index in [9.17, 15) is 0 Å². The molecule has 1 aromatic carbocycles. The number of benzene rings is 1. The van der Waals surface area contributed by atoms with Gasteiger partial charge >= 0.3 is 0 Å². The second kappa shape index (κ2) is 5.83. The topological polar surface area (TPSA) is 17.8 Å². The number of allylic oxidation sites excluding steroid dienone is 1. The Kier molecular flexibility index (Phi) is 4.35.